The van der Waals surface area contributed by atoms with Crippen molar-refractivity contribution >= 4 is 40.2 Å². The van der Waals surface area contributed by atoms with E-state index in [1.54, 1.807) is 20.2 Å². The van der Waals surface area contributed by atoms with Crippen LogP contribution in [0.2, 0.25) is 5.15 Å². The van der Waals surface area contributed by atoms with E-state index in [0.29, 0.717) is 24.1 Å². The lowest BCUT2D eigenvalue weighted by atomic mass is 9.77. The fourth-order valence-corrected chi connectivity index (χ4v) is 5.51. The maximum atomic E-state index is 12.3. The molecule has 1 saturated carbocycles. The molecule has 2 aromatic heterocycles. The molecule has 0 spiro atoms. The van der Waals surface area contributed by atoms with Gasteiger partial charge >= 0.3 is 5.97 Å². The molecule has 1 fully saturated rings. The van der Waals surface area contributed by atoms with Crippen molar-refractivity contribution in [3.8, 4) is 5.75 Å². The molecule has 0 amide bonds. The van der Waals surface area contributed by atoms with Crippen LogP contribution in [0.15, 0.2) is 29.3 Å². The molecular weight excluding hydrogens is 571 g/mol. The van der Waals surface area contributed by atoms with Crippen LogP contribution in [0.25, 0.3) is 0 Å². The van der Waals surface area contributed by atoms with Gasteiger partial charge < -0.3 is 18.8 Å². The van der Waals surface area contributed by atoms with E-state index in [1.807, 2.05) is 12.3 Å². The van der Waals surface area contributed by atoms with Gasteiger partial charge in [-0.1, -0.05) is 30.9 Å². The van der Waals surface area contributed by atoms with Crippen molar-refractivity contribution in [2.24, 2.45) is 0 Å². The van der Waals surface area contributed by atoms with Crippen LogP contribution in [-0.4, -0.2) is 42.5 Å². The van der Waals surface area contributed by atoms with Crippen molar-refractivity contribution in [3.05, 3.63) is 54.7 Å². The number of nitrogens with zero attached hydrogens (tertiary/aromatic N) is 2. The third-order valence-corrected chi connectivity index (χ3v) is 7.53. The molecule has 0 aromatic carbocycles. The second-order valence-electron chi connectivity index (χ2n) is 8.56. The first-order chi connectivity index (χ1) is 16.4. The highest BCUT2D eigenvalue weighted by molar-refractivity contribution is 14.1. The molecule has 0 bridgehead atoms. The van der Waals surface area contributed by atoms with Crippen LogP contribution in [0.4, 0.5) is 0 Å². The van der Waals surface area contributed by atoms with Crippen LogP contribution in [0.5, 0.6) is 5.75 Å². The maximum absolute atomic E-state index is 12.3. The third-order valence-electron chi connectivity index (χ3n) is 6.33. The number of methoxy groups -OCH3 is 1. The zero-order chi connectivity index (χ0) is 24.6. The lowest BCUT2D eigenvalue weighted by molar-refractivity contribution is 0.0522. The van der Waals surface area contributed by atoms with Gasteiger partial charge in [-0.05, 0) is 66.8 Å². The maximum Gasteiger partial charge on any atom is 0.343 e. The van der Waals surface area contributed by atoms with Gasteiger partial charge in [0.1, 0.15) is 9.26 Å². The summed E-state index contributed by atoms with van der Waals surface area (Å²) in [5.41, 5.74) is 0.662. The van der Waals surface area contributed by atoms with Crippen molar-refractivity contribution in [1.82, 2.24) is 9.55 Å². The molecule has 1 aliphatic carbocycles. The molecule has 0 N–H and O–H groups in total. The molecular formula is C25H32ClIN2O5. The summed E-state index contributed by atoms with van der Waals surface area (Å²) >= 11 is 8.54. The quantitative estimate of drug-likeness (QED) is 0.149. The Labute approximate surface area is 219 Å². The molecule has 186 valence electrons. The Bertz CT molecular complexity index is 1040. The van der Waals surface area contributed by atoms with Crippen molar-refractivity contribution in [3.63, 3.8) is 0 Å². The van der Waals surface area contributed by atoms with Crippen molar-refractivity contribution in [2.75, 3.05) is 26.9 Å². The Hall–Kier alpha value is -1.65. The number of hydrogen-bond donors (Lipinski definition) is 0. The topological polar surface area (TPSA) is 79.7 Å². The number of rotatable bonds is 11. The number of halogens is 2. The van der Waals surface area contributed by atoms with E-state index in [-0.39, 0.29) is 23.1 Å². The highest BCUT2D eigenvalue weighted by atomic mass is 127. The Morgan fingerprint density at radius 2 is 2.03 bits per heavy atom. The molecule has 9 heteroatoms. The van der Waals surface area contributed by atoms with E-state index < -0.39 is 5.97 Å². The summed E-state index contributed by atoms with van der Waals surface area (Å²) in [5.74, 6) is 0.0124. The van der Waals surface area contributed by atoms with E-state index in [2.05, 4.69) is 32.1 Å². The van der Waals surface area contributed by atoms with Crippen LogP contribution in [0, 0.1) is 3.70 Å². The van der Waals surface area contributed by atoms with Gasteiger partial charge in [0.2, 0.25) is 0 Å². The summed E-state index contributed by atoms with van der Waals surface area (Å²) in [6.07, 6.45) is 11.2. The van der Waals surface area contributed by atoms with E-state index >= 15 is 0 Å². The van der Waals surface area contributed by atoms with E-state index in [1.165, 1.54) is 12.5 Å². The minimum absolute atomic E-state index is 0.0868. The first-order valence-electron chi connectivity index (χ1n) is 11.8. The molecule has 0 aliphatic heterocycles. The third kappa shape index (κ3) is 6.73. The highest BCUT2D eigenvalue weighted by Gasteiger charge is 2.34. The van der Waals surface area contributed by atoms with Gasteiger partial charge in [-0.15, -0.1) is 0 Å². The van der Waals surface area contributed by atoms with E-state index in [0.717, 1.165) is 54.2 Å². The molecule has 2 aromatic rings. The van der Waals surface area contributed by atoms with Gasteiger partial charge in [0.25, 0.3) is 0 Å². The van der Waals surface area contributed by atoms with Gasteiger partial charge in [0, 0.05) is 44.1 Å². The SMILES string of the molecule is CCOC(=O)c1cn(C2(CCc3cc(OCCCOC)c(Cl)nc3I)CCCCC2)ccc1=O. The fourth-order valence-electron chi connectivity index (χ4n) is 4.51. The van der Waals surface area contributed by atoms with Gasteiger partial charge in [0.15, 0.2) is 16.3 Å². The van der Waals surface area contributed by atoms with E-state index in [9.17, 15) is 9.59 Å². The summed E-state index contributed by atoms with van der Waals surface area (Å²) in [6, 6.07) is 3.46. The number of ether oxygens (including phenoxy) is 3. The Morgan fingerprint density at radius 3 is 2.74 bits per heavy atom. The number of aryl methyl sites for hydroxylation is 1. The van der Waals surface area contributed by atoms with Gasteiger partial charge in [-0.25, -0.2) is 9.78 Å². The van der Waals surface area contributed by atoms with Gasteiger partial charge in [-0.2, -0.15) is 0 Å². The molecule has 0 radical (unpaired) electrons. The molecule has 34 heavy (non-hydrogen) atoms. The summed E-state index contributed by atoms with van der Waals surface area (Å²) in [6.45, 7) is 3.10. The standard InChI is InChI=1S/C25H32ClIN2O5/c1-3-33-24(31)19-17-29(13-9-20(19)30)25(10-5-4-6-11-25)12-8-18-16-21(22(26)28-23(18)27)34-15-7-14-32-2/h9,13,16-17H,3-8,10-12,14-15H2,1-2H3. The second-order valence-corrected chi connectivity index (χ2v) is 9.94. The molecule has 3 rings (SSSR count). The molecule has 1 aliphatic rings. The summed E-state index contributed by atoms with van der Waals surface area (Å²) in [7, 11) is 1.66. The molecule has 7 nitrogen and oxygen atoms in total. The average molecular weight is 603 g/mol. The molecule has 0 atom stereocenters. The lowest BCUT2D eigenvalue weighted by Gasteiger charge is -2.40. The molecule has 2 heterocycles. The molecule has 0 saturated heterocycles. The Balaban J connectivity index is 1.85. The largest absolute Gasteiger partial charge is 0.490 e. The fraction of sp³-hybridized carbons (Fsp3) is 0.560. The minimum atomic E-state index is -0.570. The first kappa shape index (κ1) is 26.9. The zero-order valence-electron chi connectivity index (χ0n) is 19.8. The average Bonchev–Trinajstić information content (AvgIpc) is 2.83. The monoisotopic (exact) mass is 602 g/mol. The van der Waals surface area contributed by atoms with Crippen molar-refractivity contribution < 1.29 is 19.0 Å². The van der Waals surface area contributed by atoms with Crippen LogP contribution >= 0.6 is 34.2 Å². The summed E-state index contributed by atoms with van der Waals surface area (Å²) in [4.78, 5) is 29.2. The number of esters is 1. The number of hydrogen-bond acceptors (Lipinski definition) is 6. The predicted molar refractivity (Wildman–Crippen MR) is 140 cm³/mol. The number of pyridine rings is 2. The first-order valence-corrected chi connectivity index (χ1v) is 13.2. The van der Waals surface area contributed by atoms with E-state index in [4.69, 9.17) is 25.8 Å². The number of carbonyl (C=O) groups is 1. The highest BCUT2D eigenvalue weighted by Crippen LogP contribution is 2.39. The van der Waals surface area contributed by atoms with Crippen LogP contribution in [0.1, 0.15) is 67.8 Å². The Kier molecular flexibility index (Phi) is 10.2. The minimum Gasteiger partial charge on any atom is -0.490 e. The second kappa shape index (κ2) is 12.9. The van der Waals surface area contributed by atoms with Crippen molar-refractivity contribution in [2.45, 2.75) is 63.8 Å². The predicted octanol–water partition coefficient (Wildman–Crippen LogP) is 5.39. The Morgan fingerprint density at radius 1 is 1.26 bits per heavy atom. The normalized spacial score (nSPS) is 15.2. The summed E-state index contributed by atoms with van der Waals surface area (Å²) < 4.78 is 18.9. The lowest BCUT2D eigenvalue weighted by Crippen LogP contribution is -2.37. The summed E-state index contributed by atoms with van der Waals surface area (Å²) in [5, 5.41) is 0.359. The van der Waals surface area contributed by atoms with Gasteiger partial charge in [0.05, 0.1) is 13.2 Å². The smallest absolute Gasteiger partial charge is 0.343 e. The van der Waals surface area contributed by atoms with Crippen LogP contribution in [0.3, 0.4) is 0 Å². The van der Waals surface area contributed by atoms with Crippen LogP contribution in [-0.2, 0) is 21.4 Å². The number of carbonyl (C=O) groups excluding carboxylic acids is 1. The number of aromatic nitrogens is 2. The van der Waals surface area contributed by atoms with Gasteiger partial charge in [-0.3, -0.25) is 4.79 Å². The van der Waals surface area contributed by atoms with Crippen molar-refractivity contribution in [1.29, 1.82) is 0 Å². The zero-order valence-corrected chi connectivity index (χ0v) is 22.7. The molecule has 0 unspecified atom stereocenters. The van der Waals surface area contributed by atoms with Crippen LogP contribution < -0.4 is 10.2 Å².